The lowest BCUT2D eigenvalue weighted by molar-refractivity contribution is -0.120. The van der Waals surface area contributed by atoms with E-state index in [9.17, 15) is 14.7 Å². The van der Waals surface area contributed by atoms with Crippen LogP contribution in [-0.4, -0.2) is 69.1 Å². The second-order valence-electron chi connectivity index (χ2n) is 11.7. The van der Waals surface area contributed by atoms with Crippen molar-refractivity contribution in [1.29, 1.82) is 0 Å². The van der Waals surface area contributed by atoms with Gasteiger partial charge in [-0.05, 0) is 55.5 Å². The van der Waals surface area contributed by atoms with E-state index >= 15 is 0 Å². The number of hydrogen-bond acceptors (Lipinski definition) is 7. The molecule has 43 heavy (non-hydrogen) atoms. The normalized spacial score (nSPS) is 12.2. The van der Waals surface area contributed by atoms with E-state index in [1.807, 2.05) is 60.0 Å². The molecule has 0 saturated carbocycles. The average molecular weight is 580 g/mol. The summed E-state index contributed by atoms with van der Waals surface area (Å²) in [5, 5.41) is 22.4. The molecule has 220 valence electrons. The number of amides is 2. The molecule has 2 amide bonds. The number of aryl methyl sites for hydroxylation is 3. The first-order valence-corrected chi connectivity index (χ1v) is 13.7. The van der Waals surface area contributed by atoms with Gasteiger partial charge in [0, 0.05) is 37.2 Å². The summed E-state index contributed by atoms with van der Waals surface area (Å²) < 4.78 is 3.51. The van der Waals surface area contributed by atoms with Crippen molar-refractivity contribution in [3.63, 3.8) is 0 Å². The minimum absolute atomic E-state index is 0.182. The van der Waals surface area contributed by atoms with Crippen molar-refractivity contribution in [2.75, 3.05) is 11.9 Å². The average Bonchev–Trinajstić information content (AvgIpc) is 3.47. The second-order valence-corrected chi connectivity index (χ2v) is 11.7. The van der Waals surface area contributed by atoms with Gasteiger partial charge in [0.25, 0.3) is 0 Å². The first-order chi connectivity index (χ1) is 20.3. The lowest BCUT2D eigenvalue weighted by Gasteiger charge is -2.31. The molecule has 12 heteroatoms. The Hall–Kier alpha value is -5.31. The third-order valence-electron chi connectivity index (χ3n) is 6.96. The first-order valence-electron chi connectivity index (χ1n) is 13.7. The van der Waals surface area contributed by atoms with Crippen LogP contribution in [0.1, 0.15) is 44.6 Å². The van der Waals surface area contributed by atoms with Crippen LogP contribution in [0.25, 0.3) is 33.2 Å². The predicted octanol–water partition coefficient (Wildman–Crippen LogP) is 4.37. The van der Waals surface area contributed by atoms with E-state index in [-0.39, 0.29) is 17.8 Å². The van der Waals surface area contributed by atoms with Crippen LogP contribution in [0.3, 0.4) is 0 Å². The predicted molar refractivity (Wildman–Crippen MR) is 163 cm³/mol. The number of nitrogens with zero attached hydrogens (tertiary/aromatic N) is 8. The van der Waals surface area contributed by atoms with E-state index in [0.717, 1.165) is 32.6 Å². The number of aromatic nitrogens is 7. The van der Waals surface area contributed by atoms with Gasteiger partial charge in [-0.25, -0.2) is 19.7 Å². The zero-order valence-electron chi connectivity index (χ0n) is 25.2. The molecular formula is C31H33N9O3. The zero-order chi connectivity index (χ0) is 31.1. The fourth-order valence-corrected chi connectivity index (χ4v) is 4.91. The van der Waals surface area contributed by atoms with Crippen LogP contribution in [0.2, 0.25) is 0 Å². The third kappa shape index (κ3) is 6.16. The fraction of sp³-hybridized carbons (Fsp3) is 0.323. The molecule has 0 saturated heterocycles. The minimum atomic E-state index is -1.17. The summed E-state index contributed by atoms with van der Waals surface area (Å²) in [6.45, 7) is 9.36. The molecule has 12 nitrogen and oxygen atoms in total. The first kappa shape index (κ1) is 29.2. The van der Waals surface area contributed by atoms with Gasteiger partial charge in [-0.3, -0.25) is 19.1 Å². The topological polar surface area (TPSA) is 144 Å². The van der Waals surface area contributed by atoms with Gasteiger partial charge in [0.15, 0.2) is 0 Å². The highest BCUT2D eigenvalue weighted by Gasteiger charge is 2.30. The number of carbonyl (C=O) groups is 2. The van der Waals surface area contributed by atoms with Crippen molar-refractivity contribution in [3.05, 3.63) is 59.8 Å². The highest BCUT2D eigenvalue weighted by molar-refractivity contribution is 5.97. The number of carboxylic acid groups (broad SMARTS) is 1. The maximum absolute atomic E-state index is 13.3. The standard InChI is InChI=1S/C31H33N9O3/c1-18-26-28(39(7)37-18)27(33-17-32-26)21-13-23(10-8-20-9-11-24-22(12-20)15-34-38(24)6)35-25(14-21)36-29(41)19(2)40(30(42)43)16-31(3,4)5/h9,11-15,17,19H,16H2,1-7H3,(H,42,43)(H,35,36,41). The third-order valence-corrected chi connectivity index (χ3v) is 6.96. The Labute approximate surface area is 248 Å². The molecule has 0 fully saturated rings. The van der Waals surface area contributed by atoms with Gasteiger partial charge >= 0.3 is 6.09 Å². The Morgan fingerprint density at radius 1 is 1.09 bits per heavy atom. The SMILES string of the molecule is Cc1nn(C)c2c(-c3cc(C#Cc4ccc5c(cnn5C)c4)nc(NC(=O)C(C)N(CC(C)(C)C)C(=O)O)c3)ncnc12. The quantitative estimate of drug-likeness (QED) is 0.292. The Kier molecular flexibility index (Phi) is 7.58. The molecule has 2 N–H and O–H groups in total. The van der Waals surface area contributed by atoms with Crippen LogP contribution in [0, 0.1) is 24.2 Å². The molecule has 0 bridgehead atoms. The summed E-state index contributed by atoms with van der Waals surface area (Å²) in [5.74, 6) is 5.98. The number of carbonyl (C=O) groups excluding carboxylic acids is 1. The summed E-state index contributed by atoms with van der Waals surface area (Å²) in [7, 11) is 3.70. The van der Waals surface area contributed by atoms with Gasteiger partial charge in [0.1, 0.15) is 34.9 Å². The van der Waals surface area contributed by atoms with E-state index in [2.05, 4.69) is 42.3 Å². The molecular weight excluding hydrogens is 546 g/mol. The van der Waals surface area contributed by atoms with Crippen molar-refractivity contribution in [2.45, 2.75) is 40.7 Å². The molecule has 4 heterocycles. The van der Waals surface area contributed by atoms with E-state index in [4.69, 9.17) is 0 Å². The zero-order valence-corrected chi connectivity index (χ0v) is 25.2. The monoisotopic (exact) mass is 579 g/mol. The van der Waals surface area contributed by atoms with Gasteiger partial charge in [-0.2, -0.15) is 10.2 Å². The summed E-state index contributed by atoms with van der Waals surface area (Å²) >= 11 is 0. The van der Waals surface area contributed by atoms with Gasteiger partial charge in [0.05, 0.1) is 23.1 Å². The number of pyridine rings is 1. The number of rotatable bonds is 5. The molecule has 0 radical (unpaired) electrons. The Morgan fingerprint density at radius 2 is 1.86 bits per heavy atom. The fourth-order valence-electron chi connectivity index (χ4n) is 4.91. The highest BCUT2D eigenvalue weighted by Crippen LogP contribution is 2.29. The molecule has 0 aliphatic rings. The van der Waals surface area contributed by atoms with Gasteiger partial charge in [-0.1, -0.05) is 26.7 Å². The van der Waals surface area contributed by atoms with Crippen molar-refractivity contribution in [2.24, 2.45) is 19.5 Å². The molecule has 1 unspecified atom stereocenters. The van der Waals surface area contributed by atoms with Crippen molar-refractivity contribution in [3.8, 4) is 23.1 Å². The van der Waals surface area contributed by atoms with Gasteiger partial charge < -0.3 is 10.4 Å². The van der Waals surface area contributed by atoms with E-state index in [1.54, 1.807) is 34.6 Å². The highest BCUT2D eigenvalue weighted by atomic mass is 16.4. The van der Waals surface area contributed by atoms with Crippen molar-refractivity contribution in [1.82, 2.24) is 39.4 Å². The maximum atomic E-state index is 13.3. The van der Waals surface area contributed by atoms with Crippen LogP contribution in [0.4, 0.5) is 10.6 Å². The van der Waals surface area contributed by atoms with E-state index in [1.165, 1.54) is 6.33 Å². The Balaban J connectivity index is 1.56. The molecule has 4 aromatic heterocycles. The van der Waals surface area contributed by atoms with Crippen LogP contribution in [-0.2, 0) is 18.9 Å². The lowest BCUT2D eigenvalue weighted by atomic mass is 9.95. The van der Waals surface area contributed by atoms with Crippen molar-refractivity contribution < 1.29 is 14.7 Å². The summed E-state index contributed by atoms with van der Waals surface area (Å²) in [6.07, 6.45) is 2.08. The smallest absolute Gasteiger partial charge is 0.407 e. The summed E-state index contributed by atoms with van der Waals surface area (Å²) in [6, 6.07) is 8.34. The number of fused-ring (bicyclic) bond motifs is 2. The molecule has 5 aromatic rings. The largest absolute Gasteiger partial charge is 0.465 e. The Bertz CT molecular complexity index is 1940. The molecule has 0 aliphatic carbocycles. The Morgan fingerprint density at radius 3 is 2.58 bits per heavy atom. The molecule has 5 rings (SSSR count). The maximum Gasteiger partial charge on any atom is 0.407 e. The second kappa shape index (κ2) is 11.2. The van der Waals surface area contributed by atoms with Gasteiger partial charge in [0.2, 0.25) is 5.91 Å². The van der Waals surface area contributed by atoms with E-state index < -0.39 is 18.0 Å². The van der Waals surface area contributed by atoms with Crippen LogP contribution in [0.5, 0.6) is 0 Å². The van der Waals surface area contributed by atoms with Crippen molar-refractivity contribution >= 4 is 39.8 Å². The molecule has 1 atom stereocenters. The molecule has 0 spiro atoms. The lowest BCUT2D eigenvalue weighted by Crippen LogP contribution is -2.48. The number of anilines is 1. The van der Waals surface area contributed by atoms with Crippen LogP contribution < -0.4 is 5.32 Å². The number of hydrogen-bond donors (Lipinski definition) is 2. The summed E-state index contributed by atoms with van der Waals surface area (Å²) in [5.41, 5.74) is 5.25. The number of benzene rings is 1. The van der Waals surface area contributed by atoms with Crippen LogP contribution >= 0.6 is 0 Å². The minimum Gasteiger partial charge on any atom is -0.465 e. The molecule has 1 aromatic carbocycles. The number of nitrogens with one attached hydrogen (secondary N) is 1. The van der Waals surface area contributed by atoms with Gasteiger partial charge in [-0.15, -0.1) is 0 Å². The van der Waals surface area contributed by atoms with Crippen LogP contribution in [0.15, 0.2) is 42.9 Å². The summed E-state index contributed by atoms with van der Waals surface area (Å²) in [4.78, 5) is 40.0. The molecule has 0 aliphatic heterocycles. The van der Waals surface area contributed by atoms with E-state index in [0.29, 0.717) is 22.5 Å².